The quantitative estimate of drug-likeness (QED) is 0.151. The highest BCUT2D eigenvalue weighted by Gasteiger charge is 2.21. The van der Waals surface area contributed by atoms with Gasteiger partial charge in [-0.1, -0.05) is 194 Å². The van der Waals surface area contributed by atoms with Crippen molar-refractivity contribution in [3.05, 3.63) is 224 Å². The van der Waals surface area contributed by atoms with Crippen molar-refractivity contribution in [2.75, 3.05) is 0 Å². The van der Waals surface area contributed by atoms with Crippen LogP contribution in [-0.4, -0.2) is 24.5 Å². The number of benzene rings is 9. The number of pyridine rings is 1. The molecular weight excluding hydrogens is 767 g/mol. The van der Waals surface area contributed by atoms with Crippen LogP contribution in [-0.2, 0) is 0 Å². The monoisotopic (exact) mass is 803 g/mol. The minimum atomic E-state index is 0.641. The summed E-state index contributed by atoms with van der Waals surface area (Å²) in [5, 5.41) is 5.93. The van der Waals surface area contributed by atoms with E-state index in [9.17, 15) is 0 Å². The van der Waals surface area contributed by atoms with E-state index in [-0.39, 0.29) is 0 Å². The summed E-state index contributed by atoms with van der Waals surface area (Å²) in [6.45, 7) is 0. The van der Waals surface area contributed by atoms with Crippen molar-refractivity contribution in [1.29, 1.82) is 0 Å². The van der Waals surface area contributed by atoms with E-state index in [2.05, 4.69) is 168 Å². The summed E-state index contributed by atoms with van der Waals surface area (Å²) in [5.41, 5.74) is 13.9. The van der Waals surface area contributed by atoms with Gasteiger partial charge in [0.15, 0.2) is 17.5 Å². The zero-order valence-electron chi connectivity index (χ0n) is 34.1. The van der Waals surface area contributed by atoms with Crippen LogP contribution >= 0.6 is 0 Å². The third kappa shape index (κ3) is 6.42. The summed E-state index contributed by atoms with van der Waals surface area (Å²) in [5.74, 6) is 1.94. The summed E-state index contributed by atoms with van der Waals surface area (Å²) in [6, 6.07) is 78.8. The lowest BCUT2D eigenvalue weighted by molar-refractivity contribution is 1.07. The van der Waals surface area contributed by atoms with E-state index in [4.69, 9.17) is 19.9 Å². The highest BCUT2D eigenvalue weighted by Crippen LogP contribution is 2.43. The number of hydrogen-bond acceptors (Lipinski definition) is 4. The van der Waals surface area contributed by atoms with Gasteiger partial charge in [-0.25, -0.2) is 19.9 Å². The smallest absolute Gasteiger partial charge is 0.164 e. The second kappa shape index (κ2) is 15.2. The maximum absolute atomic E-state index is 5.34. The molecule has 3 heterocycles. The molecule has 0 amide bonds. The fraction of sp³-hybridized carbons (Fsp3) is 0. The van der Waals surface area contributed by atoms with Crippen molar-refractivity contribution < 1.29 is 0 Å². The molecule has 0 N–H and O–H groups in total. The van der Waals surface area contributed by atoms with Gasteiger partial charge in [0.05, 0.1) is 22.2 Å². The Kier molecular flexibility index (Phi) is 8.75. The average molecular weight is 804 g/mol. The first-order chi connectivity index (χ1) is 31.2. The van der Waals surface area contributed by atoms with Crippen LogP contribution in [0.4, 0.5) is 0 Å². The number of aromatic nitrogens is 5. The maximum Gasteiger partial charge on any atom is 0.164 e. The first kappa shape index (κ1) is 36.3. The third-order valence-electron chi connectivity index (χ3n) is 12.1. The molecule has 0 unspecified atom stereocenters. The summed E-state index contributed by atoms with van der Waals surface area (Å²) in [4.78, 5) is 20.1. The normalized spacial score (nSPS) is 11.5. The molecule has 0 aliphatic heterocycles. The van der Waals surface area contributed by atoms with Crippen LogP contribution in [0.1, 0.15) is 0 Å². The number of nitrogens with zero attached hydrogens (tertiary/aromatic N) is 5. The van der Waals surface area contributed by atoms with E-state index in [1.807, 2.05) is 60.7 Å². The molecule has 3 aromatic heterocycles. The van der Waals surface area contributed by atoms with Gasteiger partial charge in [0.2, 0.25) is 0 Å². The van der Waals surface area contributed by atoms with E-state index < -0.39 is 0 Å². The summed E-state index contributed by atoms with van der Waals surface area (Å²) in [7, 11) is 0. The van der Waals surface area contributed by atoms with Crippen LogP contribution in [0.5, 0.6) is 0 Å². The molecule has 9 aromatic carbocycles. The second-order valence-electron chi connectivity index (χ2n) is 15.8. The Labute approximate surface area is 364 Å². The first-order valence-corrected chi connectivity index (χ1v) is 21.2. The van der Waals surface area contributed by atoms with Crippen LogP contribution in [0.3, 0.4) is 0 Å². The summed E-state index contributed by atoms with van der Waals surface area (Å²) < 4.78 is 2.41. The number of fused-ring (bicyclic) bond motifs is 7. The van der Waals surface area contributed by atoms with Gasteiger partial charge in [-0.05, 0) is 58.0 Å². The summed E-state index contributed by atoms with van der Waals surface area (Å²) in [6.07, 6.45) is 0. The van der Waals surface area contributed by atoms with Crippen LogP contribution in [0.25, 0.3) is 117 Å². The second-order valence-corrected chi connectivity index (χ2v) is 15.8. The molecule has 0 bridgehead atoms. The van der Waals surface area contributed by atoms with Crippen LogP contribution in [0.2, 0.25) is 0 Å². The molecule has 0 atom stereocenters. The van der Waals surface area contributed by atoms with E-state index in [1.54, 1.807) is 0 Å². The standard InChI is InChI=1S/C58H37N5/c1-5-15-41(16-6-1)55-54-48(47-23-13-14-24-50(47)59-55)35-36-51-53(54)49-34-33-45(37-52(49)63(51)46-21-11-4-12-22-46)40-27-25-38(26-28-40)39-29-31-44(32-30-39)58-61-56(42-17-7-2-8-18-42)60-57(62-58)43-19-9-3-10-20-43/h1-37H. The number of rotatable bonds is 7. The Balaban J connectivity index is 0.943. The minimum absolute atomic E-state index is 0.641. The molecule has 0 aliphatic carbocycles. The molecule has 0 spiro atoms. The highest BCUT2D eigenvalue weighted by atomic mass is 15.0. The van der Waals surface area contributed by atoms with Gasteiger partial charge in [-0.15, -0.1) is 0 Å². The SMILES string of the molecule is c1ccc(-c2nc(-c3ccccc3)nc(-c3ccc(-c4ccc(-c5ccc6c7c8c(-c9ccccc9)nc9ccccc9c8ccc7n(-c7ccccc7)c6c5)cc4)cc3)n2)cc1. The van der Waals surface area contributed by atoms with E-state index in [1.165, 1.54) is 21.5 Å². The molecule has 5 heteroatoms. The lowest BCUT2D eigenvalue weighted by Crippen LogP contribution is -2.00. The van der Waals surface area contributed by atoms with Gasteiger partial charge in [-0.3, -0.25) is 0 Å². The topological polar surface area (TPSA) is 56.5 Å². The van der Waals surface area contributed by atoms with Crippen LogP contribution in [0, 0.1) is 0 Å². The minimum Gasteiger partial charge on any atom is -0.309 e. The fourth-order valence-electron chi connectivity index (χ4n) is 9.00. The Hall–Kier alpha value is -8.54. The van der Waals surface area contributed by atoms with Gasteiger partial charge in [0.1, 0.15) is 0 Å². The van der Waals surface area contributed by atoms with Gasteiger partial charge in [0.25, 0.3) is 0 Å². The molecule has 294 valence electrons. The highest BCUT2D eigenvalue weighted by molar-refractivity contribution is 6.28. The van der Waals surface area contributed by atoms with E-state index in [0.717, 1.165) is 77.8 Å². The predicted octanol–water partition coefficient (Wildman–Crippen LogP) is 14.7. The van der Waals surface area contributed by atoms with Crippen molar-refractivity contribution in [1.82, 2.24) is 24.5 Å². The van der Waals surface area contributed by atoms with Crippen LogP contribution < -0.4 is 0 Å². The van der Waals surface area contributed by atoms with Crippen molar-refractivity contribution in [2.45, 2.75) is 0 Å². The Bertz CT molecular complexity index is 3570. The zero-order chi connectivity index (χ0) is 41.7. The fourth-order valence-corrected chi connectivity index (χ4v) is 9.00. The molecule has 12 rings (SSSR count). The molecule has 0 aliphatic rings. The molecule has 12 aromatic rings. The number of hydrogen-bond donors (Lipinski definition) is 0. The van der Waals surface area contributed by atoms with Crippen molar-refractivity contribution >= 4 is 43.5 Å². The lowest BCUT2D eigenvalue weighted by Gasteiger charge is -2.12. The summed E-state index contributed by atoms with van der Waals surface area (Å²) >= 11 is 0. The average Bonchev–Trinajstić information content (AvgIpc) is 3.71. The molecule has 63 heavy (non-hydrogen) atoms. The predicted molar refractivity (Wildman–Crippen MR) is 260 cm³/mol. The van der Waals surface area contributed by atoms with E-state index in [0.29, 0.717) is 17.5 Å². The third-order valence-corrected chi connectivity index (χ3v) is 12.1. The van der Waals surface area contributed by atoms with Crippen LogP contribution in [0.15, 0.2) is 224 Å². The maximum atomic E-state index is 5.34. The largest absolute Gasteiger partial charge is 0.309 e. The van der Waals surface area contributed by atoms with Gasteiger partial charge in [-0.2, -0.15) is 0 Å². The van der Waals surface area contributed by atoms with Crippen molar-refractivity contribution in [2.24, 2.45) is 0 Å². The molecule has 0 fully saturated rings. The van der Waals surface area contributed by atoms with E-state index >= 15 is 0 Å². The van der Waals surface area contributed by atoms with Gasteiger partial charge >= 0.3 is 0 Å². The van der Waals surface area contributed by atoms with Gasteiger partial charge < -0.3 is 4.57 Å². The molecule has 0 saturated heterocycles. The Morgan fingerprint density at radius 3 is 1.30 bits per heavy atom. The Morgan fingerprint density at radius 2 is 0.714 bits per heavy atom. The first-order valence-electron chi connectivity index (χ1n) is 21.2. The molecule has 0 saturated carbocycles. The van der Waals surface area contributed by atoms with Crippen molar-refractivity contribution in [3.63, 3.8) is 0 Å². The molecule has 0 radical (unpaired) electrons. The molecule has 5 nitrogen and oxygen atoms in total. The van der Waals surface area contributed by atoms with Crippen molar-refractivity contribution in [3.8, 4) is 73.4 Å². The molecular formula is C58H37N5. The lowest BCUT2D eigenvalue weighted by atomic mass is 9.95. The zero-order valence-corrected chi connectivity index (χ0v) is 34.1. The Morgan fingerprint density at radius 1 is 0.270 bits per heavy atom. The number of para-hydroxylation sites is 2. The van der Waals surface area contributed by atoms with Gasteiger partial charge in [0, 0.05) is 49.5 Å².